The summed E-state index contributed by atoms with van der Waals surface area (Å²) >= 11 is 0. The molecule has 0 aliphatic heterocycles. The largest absolute Gasteiger partial charge is 0.456 e. The van der Waals surface area contributed by atoms with Gasteiger partial charge >= 0.3 is 0 Å². The lowest BCUT2D eigenvalue weighted by molar-refractivity contribution is 0.478. The predicted molar refractivity (Wildman–Crippen MR) is 51.6 cm³/mol. The van der Waals surface area contributed by atoms with E-state index in [9.17, 15) is 0 Å². The fourth-order valence-electron chi connectivity index (χ4n) is 1.27. The summed E-state index contributed by atoms with van der Waals surface area (Å²) in [6, 6.07) is 3.71. The number of aryl methyl sites for hydroxylation is 2. The van der Waals surface area contributed by atoms with E-state index in [-0.39, 0.29) is 0 Å². The fourth-order valence-corrected chi connectivity index (χ4v) is 1.27. The van der Waals surface area contributed by atoms with E-state index in [1.807, 2.05) is 26.0 Å². The molecule has 0 saturated heterocycles. The number of hydrogen-bond acceptors (Lipinski definition) is 4. The summed E-state index contributed by atoms with van der Waals surface area (Å²) in [5.41, 5.74) is 6.30. The zero-order chi connectivity index (χ0) is 10.1. The van der Waals surface area contributed by atoms with Crippen molar-refractivity contribution in [1.29, 1.82) is 0 Å². The third-order valence-electron chi connectivity index (χ3n) is 2.03. The molecule has 0 saturated carbocycles. The molecule has 2 rings (SSSR count). The minimum Gasteiger partial charge on any atom is -0.456 e. The van der Waals surface area contributed by atoms with Gasteiger partial charge in [-0.2, -0.15) is 0 Å². The van der Waals surface area contributed by atoms with Gasteiger partial charge in [0.15, 0.2) is 5.76 Å². The van der Waals surface area contributed by atoms with E-state index >= 15 is 0 Å². The molecule has 2 aromatic heterocycles. The molecule has 74 valence electrons. The third kappa shape index (κ3) is 1.44. The Morgan fingerprint density at radius 1 is 1.29 bits per heavy atom. The molecule has 0 atom stereocenters. The van der Waals surface area contributed by atoms with Crippen molar-refractivity contribution >= 4 is 0 Å². The fraction of sp³-hybridized carbons (Fsp3) is 0.300. The molecule has 0 fully saturated rings. The molecule has 4 heteroatoms. The van der Waals surface area contributed by atoms with E-state index in [1.165, 1.54) is 0 Å². The topological polar surface area (TPSA) is 65.2 Å². The summed E-state index contributed by atoms with van der Waals surface area (Å²) in [5, 5.41) is 0. The number of oxazole rings is 1. The lowest BCUT2D eigenvalue weighted by atomic mass is 10.4. The highest BCUT2D eigenvalue weighted by Crippen LogP contribution is 2.23. The summed E-state index contributed by atoms with van der Waals surface area (Å²) in [5.74, 6) is 2.68. The van der Waals surface area contributed by atoms with Gasteiger partial charge in [0.2, 0.25) is 0 Å². The Balaban J connectivity index is 2.42. The van der Waals surface area contributed by atoms with Crippen LogP contribution in [-0.2, 0) is 6.54 Å². The van der Waals surface area contributed by atoms with Crippen molar-refractivity contribution in [3.05, 3.63) is 29.3 Å². The van der Waals surface area contributed by atoms with Gasteiger partial charge in [0.1, 0.15) is 11.5 Å². The van der Waals surface area contributed by atoms with Crippen LogP contribution in [0.1, 0.15) is 17.2 Å². The second kappa shape index (κ2) is 3.31. The lowest BCUT2D eigenvalue weighted by Gasteiger charge is -1.88. The summed E-state index contributed by atoms with van der Waals surface area (Å²) < 4.78 is 10.8. The molecule has 0 bridgehead atoms. The minimum absolute atomic E-state index is 0.360. The van der Waals surface area contributed by atoms with Gasteiger partial charge in [-0.1, -0.05) is 0 Å². The quantitative estimate of drug-likeness (QED) is 0.790. The molecule has 0 amide bonds. The van der Waals surface area contributed by atoms with Gasteiger partial charge < -0.3 is 14.6 Å². The first kappa shape index (κ1) is 9.02. The van der Waals surface area contributed by atoms with Gasteiger partial charge in [0, 0.05) is 0 Å². The normalized spacial score (nSPS) is 10.8. The van der Waals surface area contributed by atoms with Crippen LogP contribution < -0.4 is 5.73 Å². The summed E-state index contributed by atoms with van der Waals surface area (Å²) in [6.45, 7) is 4.10. The second-order valence-electron chi connectivity index (χ2n) is 3.14. The highest BCUT2D eigenvalue weighted by Gasteiger charge is 2.12. The van der Waals surface area contributed by atoms with Crippen LogP contribution in [0.4, 0.5) is 0 Å². The van der Waals surface area contributed by atoms with E-state index in [4.69, 9.17) is 14.6 Å². The number of aromatic nitrogens is 1. The molecule has 2 aromatic rings. The van der Waals surface area contributed by atoms with Crippen LogP contribution in [0.5, 0.6) is 0 Å². The Kier molecular flexibility index (Phi) is 2.13. The van der Waals surface area contributed by atoms with Crippen LogP contribution in [0.25, 0.3) is 11.7 Å². The molecule has 0 spiro atoms. The van der Waals surface area contributed by atoms with E-state index in [1.54, 1.807) is 0 Å². The Hall–Kier alpha value is -1.55. The summed E-state index contributed by atoms with van der Waals surface area (Å²) in [6.07, 6.45) is 0. The molecule has 0 aliphatic rings. The first-order valence-corrected chi connectivity index (χ1v) is 4.44. The van der Waals surface area contributed by atoms with Crippen molar-refractivity contribution in [2.75, 3.05) is 0 Å². The summed E-state index contributed by atoms with van der Waals surface area (Å²) in [4.78, 5) is 4.22. The van der Waals surface area contributed by atoms with Gasteiger partial charge in [-0.15, -0.1) is 0 Å². The maximum absolute atomic E-state index is 5.48. The molecule has 2 N–H and O–H groups in total. The average Bonchev–Trinajstić information content (AvgIpc) is 2.71. The second-order valence-corrected chi connectivity index (χ2v) is 3.14. The van der Waals surface area contributed by atoms with Crippen molar-refractivity contribution in [2.24, 2.45) is 5.73 Å². The lowest BCUT2D eigenvalue weighted by Crippen LogP contribution is -1.95. The Bertz CT molecular complexity index is 443. The summed E-state index contributed by atoms with van der Waals surface area (Å²) in [7, 11) is 0. The zero-order valence-electron chi connectivity index (χ0n) is 8.20. The average molecular weight is 192 g/mol. The third-order valence-corrected chi connectivity index (χ3v) is 2.03. The van der Waals surface area contributed by atoms with Crippen LogP contribution in [0, 0.1) is 13.8 Å². The maximum atomic E-state index is 5.48. The molecule has 0 aliphatic carbocycles. The zero-order valence-corrected chi connectivity index (χ0v) is 8.20. The SMILES string of the molecule is Cc1ccc(-c2nc(C)c(CN)o2)o1. The van der Waals surface area contributed by atoms with E-state index < -0.39 is 0 Å². The van der Waals surface area contributed by atoms with Gasteiger partial charge in [0.25, 0.3) is 5.89 Å². The molecule has 14 heavy (non-hydrogen) atoms. The molecule has 2 heterocycles. The number of furan rings is 1. The molecule has 0 unspecified atom stereocenters. The van der Waals surface area contributed by atoms with Crippen molar-refractivity contribution in [3.8, 4) is 11.7 Å². The van der Waals surface area contributed by atoms with Crippen molar-refractivity contribution in [3.63, 3.8) is 0 Å². The number of nitrogens with two attached hydrogens (primary N) is 1. The van der Waals surface area contributed by atoms with Gasteiger partial charge in [0.05, 0.1) is 12.2 Å². The Morgan fingerprint density at radius 2 is 2.07 bits per heavy atom. The minimum atomic E-state index is 0.360. The molecular weight excluding hydrogens is 180 g/mol. The highest BCUT2D eigenvalue weighted by atomic mass is 16.4. The van der Waals surface area contributed by atoms with Crippen LogP contribution >= 0.6 is 0 Å². The number of hydrogen-bond donors (Lipinski definition) is 1. The number of nitrogens with zero attached hydrogens (tertiary/aromatic N) is 1. The number of rotatable bonds is 2. The van der Waals surface area contributed by atoms with Crippen LogP contribution in [0.3, 0.4) is 0 Å². The van der Waals surface area contributed by atoms with Crippen molar-refractivity contribution in [2.45, 2.75) is 20.4 Å². The van der Waals surface area contributed by atoms with E-state index in [0.29, 0.717) is 24.0 Å². The smallest absolute Gasteiger partial charge is 0.263 e. The first-order chi connectivity index (χ1) is 6.70. The van der Waals surface area contributed by atoms with Gasteiger partial charge in [-0.05, 0) is 26.0 Å². The van der Waals surface area contributed by atoms with Crippen LogP contribution in [0.2, 0.25) is 0 Å². The van der Waals surface area contributed by atoms with Crippen molar-refractivity contribution in [1.82, 2.24) is 4.98 Å². The Labute approximate surface area is 81.7 Å². The van der Waals surface area contributed by atoms with Crippen LogP contribution in [-0.4, -0.2) is 4.98 Å². The predicted octanol–water partition coefficient (Wildman–Crippen LogP) is 2.01. The Morgan fingerprint density at radius 3 is 2.57 bits per heavy atom. The van der Waals surface area contributed by atoms with Crippen molar-refractivity contribution < 1.29 is 8.83 Å². The van der Waals surface area contributed by atoms with Crippen LogP contribution in [0.15, 0.2) is 21.0 Å². The van der Waals surface area contributed by atoms with Gasteiger partial charge in [-0.3, -0.25) is 0 Å². The first-order valence-electron chi connectivity index (χ1n) is 4.44. The molecule has 0 aromatic carbocycles. The van der Waals surface area contributed by atoms with Gasteiger partial charge in [-0.25, -0.2) is 4.98 Å². The highest BCUT2D eigenvalue weighted by molar-refractivity contribution is 5.45. The van der Waals surface area contributed by atoms with E-state index in [0.717, 1.165) is 11.5 Å². The van der Waals surface area contributed by atoms with E-state index in [2.05, 4.69) is 4.98 Å². The molecule has 0 radical (unpaired) electrons. The monoisotopic (exact) mass is 192 g/mol. The molecule has 4 nitrogen and oxygen atoms in total. The maximum Gasteiger partial charge on any atom is 0.263 e. The standard InChI is InChI=1S/C10H12N2O2/c1-6-3-4-8(13-6)10-12-7(2)9(5-11)14-10/h3-4H,5,11H2,1-2H3. The molecular formula is C10H12N2O2.